The molecule has 140 valence electrons. The second kappa shape index (κ2) is 7.55. The van der Waals surface area contributed by atoms with Gasteiger partial charge in [-0.25, -0.2) is 9.59 Å². The van der Waals surface area contributed by atoms with Gasteiger partial charge in [-0.2, -0.15) is 0 Å². The second-order valence-electron chi connectivity index (χ2n) is 6.14. The van der Waals surface area contributed by atoms with Crippen LogP contribution < -0.4 is 0 Å². The molecule has 0 aliphatic carbocycles. The Morgan fingerprint density at radius 2 is 2.08 bits per heavy atom. The summed E-state index contributed by atoms with van der Waals surface area (Å²) in [6.45, 7) is -0.187. The first-order chi connectivity index (χ1) is 12.4. The van der Waals surface area contributed by atoms with Gasteiger partial charge in [-0.05, 0) is 11.6 Å². The monoisotopic (exact) mass is 364 g/mol. The fourth-order valence-electron chi connectivity index (χ4n) is 3.04. The molecule has 2 saturated heterocycles. The molecule has 0 saturated carbocycles. The summed E-state index contributed by atoms with van der Waals surface area (Å²) >= 11 is 0. The lowest BCUT2D eigenvalue weighted by molar-refractivity contribution is -0.271. The number of rotatable bonds is 5. The summed E-state index contributed by atoms with van der Waals surface area (Å²) in [5, 5.41) is 20.4. The van der Waals surface area contributed by atoms with E-state index in [9.17, 15) is 19.8 Å². The summed E-state index contributed by atoms with van der Waals surface area (Å²) in [6.07, 6.45) is -1.05. The van der Waals surface area contributed by atoms with Crippen molar-refractivity contribution in [3.05, 3.63) is 42.0 Å². The van der Waals surface area contributed by atoms with Gasteiger partial charge >= 0.3 is 11.9 Å². The highest BCUT2D eigenvalue weighted by molar-refractivity contribution is 5.87. The number of aliphatic hydroxyl groups excluding tert-OH is 1. The van der Waals surface area contributed by atoms with Gasteiger partial charge in [-0.15, -0.1) is 0 Å². The molecule has 2 aliphatic heterocycles. The Hall–Kier alpha value is -2.26. The van der Waals surface area contributed by atoms with Gasteiger partial charge in [0.05, 0.1) is 13.2 Å². The third-order valence-electron chi connectivity index (χ3n) is 4.35. The molecule has 0 amide bonds. The highest BCUT2D eigenvalue weighted by atomic mass is 16.7. The van der Waals surface area contributed by atoms with Crippen molar-refractivity contribution in [2.75, 3.05) is 13.7 Å². The number of aliphatic hydroxyl groups is 2. The van der Waals surface area contributed by atoms with Crippen LogP contribution in [0.2, 0.25) is 0 Å². The fourth-order valence-corrected chi connectivity index (χ4v) is 3.04. The standard InChI is InChI=1S/C18H20O8/c1-23-17(21)18(22)9-12-15(20)16(26-18)13(25-12)10-24-14(19)8-7-11-5-3-2-4-6-11/h2-8,12-13,15-16,20,22H,9-10H2,1H3/b8-7+/t12-,13+,15-,16-,18+/m0/s1. The van der Waals surface area contributed by atoms with Crippen LogP contribution in [0.4, 0.5) is 0 Å². The van der Waals surface area contributed by atoms with E-state index in [1.807, 2.05) is 30.3 Å². The summed E-state index contributed by atoms with van der Waals surface area (Å²) in [7, 11) is 1.12. The highest BCUT2D eigenvalue weighted by Crippen LogP contribution is 2.38. The molecule has 8 nitrogen and oxygen atoms in total. The van der Waals surface area contributed by atoms with Gasteiger partial charge in [0.1, 0.15) is 24.9 Å². The van der Waals surface area contributed by atoms with Gasteiger partial charge in [0.25, 0.3) is 5.79 Å². The van der Waals surface area contributed by atoms with Crippen molar-refractivity contribution in [3.8, 4) is 0 Å². The van der Waals surface area contributed by atoms with Crippen LogP contribution in [0.1, 0.15) is 12.0 Å². The van der Waals surface area contributed by atoms with Crippen LogP contribution in [0.3, 0.4) is 0 Å². The first-order valence-corrected chi connectivity index (χ1v) is 8.15. The van der Waals surface area contributed by atoms with E-state index >= 15 is 0 Å². The lowest BCUT2D eigenvalue weighted by Gasteiger charge is -2.35. The van der Waals surface area contributed by atoms with E-state index in [0.717, 1.165) is 12.7 Å². The van der Waals surface area contributed by atoms with Crippen LogP contribution in [0.25, 0.3) is 6.08 Å². The molecule has 0 radical (unpaired) electrons. The van der Waals surface area contributed by atoms with Crippen LogP contribution in [-0.4, -0.2) is 66.1 Å². The molecule has 2 heterocycles. The molecule has 8 heteroatoms. The molecule has 2 N–H and O–H groups in total. The number of fused-ring (bicyclic) bond motifs is 2. The van der Waals surface area contributed by atoms with Gasteiger partial charge < -0.3 is 29.2 Å². The summed E-state index contributed by atoms with van der Waals surface area (Å²) in [5.41, 5.74) is 0.847. The van der Waals surface area contributed by atoms with Crippen LogP contribution in [0, 0.1) is 0 Å². The minimum atomic E-state index is -2.19. The Kier molecular flexibility index (Phi) is 5.38. The van der Waals surface area contributed by atoms with E-state index < -0.39 is 42.1 Å². The predicted molar refractivity (Wildman–Crippen MR) is 87.6 cm³/mol. The molecule has 1 aromatic carbocycles. The molecule has 2 aliphatic rings. The van der Waals surface area contributed by atoms with E-state index in [0.29, 0.717) is 0 Å². The maximum absolute atomic E-state index is 11.8. The van der Waals surface area contributed by atoms with Crippen LogP contribution >= 0.6 is 0 Å². The molecule has 5 atom stereocenters. The zero-order valence-electron chi connectivity index (χ0n) is 14.1. The van der Waals surface area contributed by atoms with E-state index in [1.165, 1.54) is 6.08 Å². The third kappa shape index (κ3) is 3.78. The van der Waals surface area contributed by atoms with Crippen molar-refractivity contribution in [2.45, 2.75) is 36.6 Å². The van der Waals surface area contributed by atoms with Crippen LogP contribution in [0.5, 0.6) is 0 Å². The first-order valence-electron chi connectivity index (χ1n) is 8.15. The zero-order valence-corrected chi connectivity index (χ0v) is 14.1. The highest BCUT2D eigenvalue weighted by Gasteiger charge is 2.59. The number of ether oxygens (including phenoxy) is 4. The Morgan fingerprint density at radius 3 is 2.77 bits per heavy atom. The Labute approximate surface area is 149 Å². The molecular weight excluding hydrogens is 344 g/mol. The average Bonchev–Trinajstić information content (AvgIpc) is 2.83. The number of hydrogen-bond acceptors (Lipinski definition) is 8. The number of benzene rings is 1. The summed E-state index contributed by atoms with van der Waals surface area (Å²) in [6, 6.07) is 9.24. The van der Waals surface area contributed by atoms with E-state index in [1.54, 1.807) is 6.08 Å². The van der Waals surface area contributed by atoms with Crippen molar-refractivity contribution >= 4 is 18.0 Å². The average molecular weight is 364 g/mol. The SMILES string of the molecule is COC(=O)[C@@]1(O)C[C@@H]2O[C@H](COC(=O)/C=C/c3ccccc3)[C@H](O1)[C@H]2O. The maximum Gasteiger partial charge on any atom is 0.366 e. The largest absolute Gasteiger partial charge is 0.465 e. The van der Waals surface area contributed by atoms with Crippen LogP contribution in [-0.2, 0) is 28.5 Å². The molecule has 3 rings (SSSR count). The van der Waals surface area contributed by atoms with Crippen molar-refractivity contribution in [2.24, 2.45) is 0 Å². The first kappa shape index (κ1) is 18.5. The lowest BCUT2D eigenvalue weighted by Crippen LogP contribution is -2.56. The van der Waals surface area contributed by atoms with Crippen molar-refractivity contribution in [1.29, 1.82) is 0 Å². The van der Waals surface area contributed by atoms with Crippen molar-refractivity contribution in [1.82, 2.24) is 0 Å². The van der Waals surface area contributed by atoms with Crippen molar-refractivity contribution < 1.29 is 38.7 Å². The van der Waals surface area contributed by atoms with Gasteiger partial charge in [0, 0.05) is 12.5 Å². The lowest BCUT2D eigenvalue weighted by atomic mass is 9.96. The van der Waals surface area contributed by atoms with E-state index in [2.05, 4.69) is 4.74 Å². The topological polar surface area (TPSA) is 112 Å². The Morgan fingerprint density at radius 1 is 1.35 bits per heavy atom. The number of carbonyl (C=O) groups excluding carboxylic acids is 2. The molecule has 0 unspecified atom stereocenters. The molecule has 0 spiro atoms. The zero-order chi connectivity index (χ0) is 18.7. The molecule has 2 bridgehead atoms. The normalized spacial score (nSPS) is 33.2. The number of esters is 2. The van der Waals surface area contributed by atoms with Crippen LogP contribution in [0.15, 0.2) is 36.4 Å². The Bertz CT molecular complexity index is 688. The number of carbonyl (C=O) groups is 2. The minimum absolute atomic E-state index is 0.187. The van der Waals surface area contributed by atoms with Crippen molar-refractivity contribution in [3.63, 3.8) is 0 Å². The van der Waals surface area contributed by atoms with Gasteiger partial charge in [0.2, 0.25) is 0 Å². The van der Waals surface area contributed by atoms with E-state index in [-0.39, 0.29) is 13.0 Å². The number of methoxy groups -OCH3 is 1. The van der Waals surface area contributed by atoms with Gasteiger partial charge in [-0.3, -0.25) is 0 Å². The third-order valence-corrected chi connectivity index (χ3v) is 4.35. The quantitative estimate of drug-likeness (QED) is 0.556. The molecule has 26 heavy (non-hydrogen) atoms. The van der Waals surface area contributed by atoms with E-state index in [4.69, 9.17) is 14.2 Å². The van der Waals surface area contributed by atoms with Gasteiger partial charge in [-0.1, -0.05) is 30.3 Å². The minimum Gasteiger partial charge on any atom is -0.465 e. The molecule has 0 aromatic heterocycles. The molecular formula is C18H20O8. The number of hydrogen-bond donors (Lipinski definition) is 2. The van der Waals surface area contributed by atoms with Gasteiger partial charge in [0.15, 0.2) is 0 Å². The summed E-state index contributed by atoms with van der Waals surface area (Å²) in [4.78, 5) is 23.5. The summed E-state index contributed by atoms with van der Waals surface area (Å²) < 4.78 is 20.5. The Balaban J connectivity index is 1.57. The summed E-state index contributed by atoms with van der Waals surface area (Å²) in [5.74, 6) is -3.74. The second-order valence-corrected chi connectivity index (χ2v) is 6.14. The predicted octanol–water partition coefficient (Wildman–Crippen LogP) is 0.0218. The molecule has 1 aromatic rings. The smallest absolute Gasteiger partial charge is 0.366 e. The fraction of sp³-hybridized carbons (Fsp3) is 0.444. The maximum atomic E-state index is 11.8. The molecule has 2 fully saturated rings.